The molecule has 0 saturated heterocycles. The molecule has 20 heavy (non-hydrogen) atoms. The van der Waals surface area contributed by atoms with Gasteiger partial charge in [0, 0.05) is 18.3 Å². The van der Waals surface area contributed by atoms with Crippen LogP contribution in [0, 0.1) is 3.57 Å². The highest BCUT2D eigenvalue weighted by atomic mass is 127. The minimum atomic E-state index is -0.112. The second-order valence-electron chi connectivity index (χ2n) is 4.83. The van der Waals surface area contributed by atoms with Crippen LogP contribution in [-0.2, 0) is 6.54 Å². The van der Waals surface area contributed by atoms with Crippen LogP contribution in [0.3, 0.4) is 0 Å². The van der Waals surface area contributed by atoms with Gasteiger partial charge in [-0.05, 0) is 54.1 Å². The lowest BCUT2D eigenvalue weighted by Gasteiger charge is -2.28. The minimum absolute atomic E-state index is 0.112. The monoisotopic (exact) mass is 384 g/mol. The van der Waals surface area contributed by atoms with Gasteiger partial charge in [-0.15, -0.1) is 0 Å². The molecule has 0 radical (unpaired) electrons. The van der Waals surface area contributed by atoms with E-state index in [9.17, 15) is 4.79 Å². The molecule has 0 atom stereocenters. The van der Waals surface area contributed by atoms with E-state index in [4.69, 9.17) is 5.73 Å². The quantitative estimate of drug-likeness (QED) is 0.627. The van der Waals surface area contributed by atoms with Crippen molar-refractivity contribution in [3.8, 4) is 0 Å². The van der Waals surface area contributed by atoms with Crippen molar-refractivity contribution in [1.29, 1.82) is 0 Å². The maximum Gasteiger partial charge on any atom is 0.266 e. The average Bonchev–Trinajstić information content (AvgIpc) is 2.41. The molecule has 0 bridgehead atoms. The van der Waals surface area contributed by atoms with E-state index in [2.05, 4.69) is 28.7 Å². The van der Waals surface area contributed by atoms with E-state index in [1.165, 1.54) is 6.33 Å². The summed E-state index contributed by atoms with van der Waals surface area (Å²) < 4.78 is 0.606. The molecule has 2 rings (SSSR count). The Bertz CT molecular complexity index is 636. The Labute approximate surface area is 131 Å². The topological polar surface area (TPSA) is 75.0 Å². The number of aromatic amines is 1. The molecular formula is C14H17IN4O. The van der Waals surface area contributed by atoms with E-state index in [-0.39, 0.29) is 11.6 Å². The lowest BCUT2D eigenvalue weighted by Crippen LogP contribution is -2.33. The highest BCUT2D eigenvalue weighted by Crippen LogP contribution is 2.21. The van der Waals surface area contributed by atoms with Gasteiger partial charge in [0.25, 0.3) is 5.56 Å². The van der Waals surface area contributed by atoms with Crippen LogP contribution in [-0.4, -0.2) is 16.0 Å². The number of nitrogens with zero attached hydrogens (tertiary/aromatic N) is 2. The smallest absolute Gasteiger partial charge is 0.266 e. The Morgan fingerprint density at radius 2 is 2.00 bits per heavy atom. The molecule has 0 spiro atoms. The average molecular weight is 384 g/mol. The normalized spacial score (nSPS) is 10.8. The second-order valence-corrected chi connectivity index (χ2v) is 5.91. The maximum atomic E-state index is 11.7. The summed E-state index contributed by atoms with van der Waals surface area (Å²) in [6.45, 7) is 4.84. The van der Waals surface area contributed by atoms with Gasteiger partial charge >= 0.3 is 0 Å². The largest absolute Gasteiger partial charge is 0.399 e. The maximum absolute atomic E-state index is 11.7. The number of nitrogens with two attached hydrogens (primary N) is 1. The predicted octanol–water partition coefficient (Wildman–Crippen LogP) is 2.37. The summed E-state index contributed by atoms with van der Waals surface area (Å²) in [4.78, 5) is 20.7. The molecule has 0 saturated carbocycles. The van der Waals surface area contributed by atoms with Crippen LogP contribution >= 0.6 is 22.6 Å². The van der Waals surface area contributed by atoms with Crippen LogP contribution in [0.5, 0.6) is 0 Å². The van der Waals surface area contributed by atoms with Gasteiger partial charge in [-0.1, -0.05) is 12.1 Å². The first kappa shape index (κ1) is 14.8. The van der Waals surface area contributed by atoms with E-state index < -0.39 is 0 Å². The number of nitrogen functional groups attached to an aromatic ring is 1. The first-order chi connectivity index (χ1) is 9.49. The summed E-state index contributed by atoms with van der Waals surface area (Å²) in [7, 11) is 0. The number of rotatable bonds is 4. The summed E-state index contributed by atoms with van der Waals surface area (Å²) in [5.41, 5.74) is 7.46. The predicted molar refractivity (Wildman–Crippen MR) is 89.7 cm³/mol. The van der Waals surface area contributed by atoms with Crippen molar-refractivity contribution in [1.82, 2.24) is 9.97 Å². The fraction of sp³-hybridized carbons (Fsp3) is 0.286. The first-order valence-corrected chi connectivity index (χ1v) is 7.41. The van der Waals surface area contributed by atoms with Crippen LogP contribution < -0.4 is 16.2 Å². The molecule has 0 aliphatic carbocycles. The molecule has 0 amide bonds. The highest BCUT2D eigenvalue weighted by Gasteiger charge is 2.17. The number of benzene rings is 1. The fourth-order valence-electron chi connectivity index (χ4n) is 1.90. The van der Waals surface area contributed by atoms with Crippen molar-refractivity contribution in [3.63, 3.8) is 0 Å². The molecule has 2 aromatic rings. The van der Waals surface area contributed by atoms with Gasteiger partial charge in [0.2, 0.25) is 0 Å². The second kappa shape index (κ2) is 6.25. The van der Waals surface area contributed by atoms with E-state index in [1.807, 2.05) is 46.9 Å². The molecule has 6 heteroatoms. The molecule has 5 nitrogen and oxygen atoms in total. The van der Waals surface area contributed by atoms with Gasteiger partial charge in [0.15, 0.2) is 0 Å². The van der Waals surface area contributed by atoms with Gasteiger partial charge in [-0.25, -0.2) is 4.98 Å². The van der Waals surface area contributed by atoms with E-state index >= 15 is 0 Å². The SMILES string of the molecule is CC(C)N(Cc1ccc(N)cc1)c1nc[nH]c(=O)c1I. The molecule has 0 aliphatic heterocycles. The van der Waals surface area contributed by atoms with Crippen molar-refractivity contribution < 1.29 is 0 Å². The zero-order valence-electron chi connectivity index (χ0n) is 11.4. The molecular weight excluding hydrogens is 367 g/mol. The first-order valence-electron chi connectivity index (χ1n) is 6.33. The van der Waals surface area contributed by atoms with Gasteiger partial charge in [-0.2, -0.15) is 0 Å². The third kappa shape index (κ3) is 3.30. The van der Waals surface area contributed by atoms with Crippen molar-refractivity contribution in [2.24, 2.45) is 0 Å². The zero-order chi connectivity index (χ0) is 14.7. The number of nitrogens with one attached hydrogen (secondary N) is 1. The molecule has 3 N–H and O–H groups in total. The highest BCUT2D eigenvalue weighted by molar-refractivity contribution is 14.1. The van der Waals surface area contributed by atoms with E-state index in [0.29, 0.717) is 15.9 Å². The lowest BCUT2D eigenvalue weighted by atomic mass is 10.1. The molecule has 0 unspecified atom stereocenters. The van der Waals surface area contributed by atoms with Crippen LogP contribution in [0.25, 0.3) is 0 Å². The van der Waals surface area contributed by atoms with Crippen molar-refractivity contribution >= 4 is 34.1 Å². The van der Waals surface area contributed by atoms with Gasteiger partial charge in [0.1, 0.15) is 9.39 Å². The summed E-state index contributed by atoms with van der Waals surface area (Å²) in [6, 6.07) is 7.97. The summed E-state index contributed by atoms with van der Waals surface area (Å²) >= 11 is 2.03. The minimum Gasteiger partial charge on any atom is -0.399 e. The van der Waals surface area contributed by atoms with Gasteiger partial charge in [-0.3, -0.25) is 4.79 Å². The number of aromatic nitrogens is 2. The van der Waals surface area contributed by atoms with Crippen molar-refractivity contribution in [2.45, 2.75) is 26.4 Å². The van der Waals surface area contributed by atoms with Crippen LogP contribution in [0.4, 0.5) is 11.5 Å². The molecule has 0 fully saturated rings. The number of anilines is 2. The molecule has 0 aliphatic rings. The Hall–Kier alpha value is -1.57. The van der Waals surface area contributed by atoms with Gasteiger partial charge < -0.3 is 15.6 Å². The van der Waals surface area contributed by atoms with Crippen LogP contribution in [0.2, 0.25) is 0 Å². The Morgan fingerprint density at radius 3 is 2.60 bits per heavy atom. The molecule has 1 aromatic heterocycles. The zero-order valence-corrected chi connectivity index (χ0v) is 13.6. The Kier molecular flexibility index (Phi) is 4.64. The van der Waals surface area contributed by atoms with Crippen LogP contribution in [0.1, 0.15) is 19.4 Å². The lowest BCUT2D eigenvalue weighted by molar-refractivity contribution is 0.668. The fourth-order valence-corrected chi connectivity index (χ4v) is 2.50. The number of halogens is 1. The Morgan fingerprint density at radius 1 is 1.35 bits per heavy atom. The summed E-state index contributed by atoms with van der Waals surface area (Å²) in [6.07, 6.45) is 1.44. The molecule has 106 valence electrons. The van der Waals surface area contributed by atoms with Crippen LogP contribution in [0.15, 0.2) is 35.4 Å². The van der Waals surface area contributed by atoms with Crippen molar-refractivity contribution in [2.75, 3.05) is 10.6 Å². The van der Waals surface area contributed by atoms with Crippen molar-refractivity contribution in [3.05, 3.63) is 50.1 Å². The summed E-state index contributed by atoms with van der Waals surface area (Å²) in [5, 5.41) is 0. The Balaban J connectivity index is 2.34. The number of H-pyrrole nitrogens is 1. The molecule has 1 heterocycles. The van der Waals surface area contributed by atoms with E-state index in [0.717, 1.165) is 11.3 Å². The number of hydrogen-bond acceptors (Lipinski definition) is 4. The van der Waals surface area contributed by atoms with Gasteiger partial charge in [0.05, 0.1) is 6.33 Å². The number of hydrogen-bond donors (Lipinski definition) is 2. The standard InChI is InChI=1S/C14H17IN4O/c1-9(2)19(7-10-3-5-11(16)6-4-10)13-12(15)14(20)18-8-17-13/h3-6,8-9H,7,16H2,1-2H3,(H,17,18,20). The molecule has 1 aromatic carbocycles. The third-order valence-electron chi connectivity index (χ3n) is 3.01. The third-order valence-corrected chi connectivity index (χ3v) is 3.98. The summed E-state index contributed by atoms with van der Waals surface area (Å²) in [5.74, 6) is 0.709. The van der Waals surface area contributed by atoms with E-state index in [1.54, 1.807) is 0 Å².